The number of amides is 1. The van der Waals surface area contributed by atoms with Gasteiger partial charge in [-0.05, 0) is 40.0 Å². The molecule has 0 aliphatic heterocycles. The predicted octanol–water partition coefficient (Wildman–Crippen LogP) is 5.03. The highest BCUT2D eigenvalue weighted by Crippen LogP contribution is 2.22. The second-order valence-corrected chi connectivity index (χ2v) is 6.89. The maximum atomic E-state index is 12.1. The quantitative estimate of drug-likeness (QED) is 0.654. The van der Waals surface area contributed by atoms with Gasteiger partial charge in [0.2, 0.25) is 0 Å². The van der Waals surface area contributed by atoms with Crippen LogP contribution in [-0.4, -0.2) is 17.3 Å². The number of nitrogens with one attached hydrogen (secondary N) is 1. The van der Waals surface area contributed by atoms with Gasteiger partial charge in [-0.3, -0.25) is 4.79 Å². The lowest BCUT2D eigenvalue weighted by molar-refractivity contribution is 0.0951. The number of rotatable bonds is 6. The van der Waals surface area contributed by atoms with Gasteiger partial charge >= 0.3 is 0 Å². The van der Waals surface area contributed by atoms with Crippen molar-refractivity contribution in [2.75, 3.05) is 6.54 Å². The topological polar surface area (TPSA) is 29.1 Å². The molecule has 1 amide bonds. The highest BCUT2D eigenvalue weighted by atomic mass is 79.9. The van der Waals surface area contributed by atoms with E-state index in [2.05, 4.69) is 51.0 Å². The van der Waals surface area contributed by atoms with Crippen LogP contribution in [0.2, 0.25) is 5.02 Å². The van der Waals surface area contributed by atoms with Crippen LogP contribution in [0.4, 0.5) is 0 Å². The lowest BCUT2D eigenvalue weighted by atomic mass is 9.99. The predicted molar refractivity (Wildman–Crippen MR) is 88.3 cm³/mol. The molecule has 1 unspecified atom stereocenters. The van der Waals surface area contributed by atoms with Gasteiger partial charge in [0, 0.05) is 20.9 Å². The monoisotopic (exact) mass is 409 g/mol. The Hall–Kier alpha value is -0.0600. The summed E-state index contributed by atoms with van der Waals surface area (Å²) in [6.45, 7) is 4.94. The van der Waals surface area contributed by atoms with Crippen LogP contribution >= 0.6 is 43.5 Å². The Morgan fingerprint density at radius 3 is 2.58 bits per heavy atom. The van der Waals surface area contributed by atoms with E-state index in [-0.39, 0.29) is 5.91 Å². The van der Waals surface area contributed by atoms with Gasteiger partial charge in [-0.2, -0.15) is 0 Å². The van der Waals surface area contributed by atoms with Gasteiger partial charge in [-0.15, -0.1) is 0 Å². The number of alkyl halides is 1. The Balaban J connectivity index is 2.63. The summed E-state index contributed by atoms with van der Waals surface area (Å²) in [6.07, 6.45) is 2.20. The normalized spacial score (nSPS) is 12.5. The van der Waals surface area contributed by atoms with Crippen molar-refractivity contribution < 1.29 is 4.79 Å². The Kier molecular flexibility index (Phi) is 7.40. The fourth-order valence-corrected chi connectivity index (χ4v) is 3.43. The fraction of sp³-hybridized carbons (Fsp3) is 0.500. The molecule has 106 valence electrons. The van der Waals surface area contributed by atoms with Gasteiger partial charge in [0.25, 0.3) is 5.91 Å². The summed E-state index contributed by atoms with van der Waals surface area (Å²) in [5.41, 5.74) is 0.566. The summed E-state index contributed by atoms with van der Waals surface area (Å²) in [6, 6.07) is 5.20. The number of benzene rings is 1. The first-order chi connectivity index (χ1) is 8.99. The smallest absolute Gasteiger partial charge is 0.252 e. The SMILES string of the molecule is CCC(CC)C(Br)CNC(=O)c1cc(Cl)ccc1Br. The average Bonchev–Trinajstić information content (AvgIpc) is 2.40. The van der Waals surface area contributed by atoms with E-state index in [1.807, 2.05) is 0 Å². The molecule has 1 aromatic rings. The third-order valence-electron chi connectivity index (χ3n) is 3.19. The summed E-state index contributed by atoms with van der Waals surface area (Å²) in [7, 11) is 0. The zero-order valence-electron chi connectivity index (χ0n) is 11.1. The molecule has 2 nitrogen and oxygen atoms in total. The molecule has 19 heavy (non-hydrogen) atoms. The third kappa shape index (κ3) is 5.09. The van der Waals surface area contributed by atoms with Gasteiger partial charge in [-0.25, -0.2) is 0 Å². The van der Waals surface area contributed by atoms with Crippen molar-refractivity contribution in [3.05, 3.63) is 33.3 Å². The van der Waals surface area contributed by atoms with E-state index in [1.165, 1.54) is 0 Å². The second-order valence-electron chi connectivity index (χ2n) is 4.43. The fourth-order valence-electron chi connectivity index (χ4n) is 1.92. The van der Waals surface area contributed by atoms with Gasteiger partial charge in [0.05, 0.1) is 5.56 Å². The molecule has 0 saturated heterocycles. The molecule has 5 heteroatoms. The molecule has 0 heterocycles. The standard InChI is InChI=1S/C14H18Br2ClNO/c1-3-9(4-2)13(16)8-18-14(19)11-7-10(17)5-6-12(11)15/h5-7,9,13H,3-4,8H2,1-2H3,(H,18,19). The van der Waals surface area contributed by atoms with Crippen molar-refractivity contribution in [2.24, 2.45) is 5.92 Å². The zero-order valence-corrected chi connectivity index (χ0v) is 15.0. The maximum Gasteiger partial charge on any atom is 0.252 e. The first-order valence-electron chi connectivity index (χ1n) is 6.36. The van der Waals surface area contributed by atoms with Crippen molar-refractivity contribution in [3.8, 4) is 0 Å². The van der Waals surface area contributed by atoms with Crippen LogP contribution in [0.5, 0.6) is 0 Å². The molecular weight excluding hydrogens is 393 g/mol. The minimum atomic E-state index is -0.107. The number of halogens is 3. The first-order valence-corrected chi connectivity index (χ1v) is 8.45. The Morgan fingerprint density at radius 1 is 1.37 bits per heavy atom. The number of carbonyl (C=O) groups excluding carboxylic acids is 1. The van der Waals surface area contributed by atoms with Gasteiger partial charge < -0.3 is 5.32 Å². The Morgan fingerprint density at radius 2 is 2.00 bits per heavy atom. The minimum absolute atomic E-state index is 0.107. The van der Waals surface area contributed by atoms with Gasteiger partial charge in [0.1, 0.15) is 0 Å². The molecule has 0 radical (unpaired) electrons. The van der Waals surface area contributed by atoms with Crippen LogP contribution in [0.15, 0.2) is 22.7 Å². The molecule has 0 bridgehead atoms. The van der Waals surface area contributed by atoms with Crippen molar-refractivity contribution in [1.82, 2.24) is 5.32 Å². The van der Waals surface area contributed by atoms with Crippen LogP contribution in [0.3, 0.4) is 0 Å². The summed E-state index contributed by atoms with van der Waals surface area (Å²) < 4.78 is 0.753. The number of carbonyl (C=O) groups is 1. The highest BCUT2D eigenvalue weighted by molar-refractivity contribution is 9.10. The van der Waals surface area contributed by atoms with Crippen molar-refractivity contribution in [3.63, 3.8) is 0 Å². The lowest BCUT2D eigenvalue weighted by Crippen LogP contribution is -2.33. The summed E-state index contributed by atoms with van der Waals surface area (Å²) >= 11 is 12.9. The minimum Gasteiger partial charge on any atom is -0.351 e. The summed E-state index contributed by atoms with van der Waals surface area (Å²) in [5.74, 6) is 0.466. The molecule has 1 atom stereocenters. The molecule has 1 rings (SSSR count). The molecule has 1 aromatic carbocycles. The lowest BCUT2D eigenvalue weighted by Gasteiger charge is -2.20. The van der Waals surface area contributed by atoms with Crippen molar-refractivity contribution in [2.45, 2.75) is 31.5 Å². The van der Waals surface area contributed by atoms with E-state index in [1.54, 1.807) is 18.2 Å². The summed E-state index contributed by atoms with van der Waals surface area (Å²) in [5, 5.41) is 3.50. The second kappa shape index (κ2) is 8.28. The highest BCUT2D eigenvalue weighted by Gasteiger charge is 2.17. The molecule has 0 aromatic heterocycles. The molecular formula is C14H18Br2ClNO. The third-order valence-corrected chi connectivity index (χ3v) is 5.19. The Labute approximate surface area is 136 Å². The van der Waals surface area contributed by atoms with Gasteiger partial charge in [-0.1, -0.05) is 54.2 Å². The zero-order chi connectivity index (χ0) is 14.4. The van der Waals surface area contributed by atoms with Crippen LogP contribution in [0.1, 0.15) is 37.0 Å². The van der Waals surface area contributed by atoms with E-state index >= 15 is 0 Å². The number of hydrogen-bond donors (Lipinski definition) is 1. The van der Waals surface area contributed by atoms with E-state index in [9.17, 15) is 4.79 Å². The molecule has 0 aliphatic carbocycles. The van der Waals surface area contributed by atoms with E-state index in [0.717, 1.165) is 17.3 Å². The average molecular weight is 412 g/mol. The molecule has 1 N–H and O–H groups in total. The largest absolute Gasteiger partial charge is 0.351 e. The van der Waals surface area contributed by atoms with Crippen molar-refractivity contribution in [1.29, 1.82) is 0 Å². The molecule has 0 saturated carbocycles. The van der Waals surface area contributed by atoms with Crippen LogP contribution in [-0.2, 0) is 0 Å². The Bertz CT molecular complexity index is 435. The van der Waals surface area contributed by atoms with Crippen molar-refractivity contribution >= 4 is 49.4 Å². The van der Waals surface area contributed by atoms with Crippen LogP contribution < -0.4 is 5.32 Å². The molecule has 0 fully saturated rings. The van der Waals surface area contributed by atoms with E-state index in [4.69, 9.17) is 11.6 Å². The van der Waals surface area contributed by atoms with E-state index in [0.29, 0.717) is 27.9 Å². The molecule has 0 aliphatic rings. The maximum absolute atomic E-state index is 12.1. The molecule has 0 spiro atoms. The van der Waals surface area contributed by atoms with Crippen LogP contribution in [0.25, 0.3) is 0 Å². The van der Waals surface area contributed by atoms with Crippen LogP contribution in [0, 0.1) is 5.92 Å². The number of hydrogen-bond acceptors (Lipinski definition) is 1. The first kappa shape index (κ1) is 17.0. The van der Waals surface area contributed by atoms with Gasteiger partial charge in [0.15, 0.2) is 0 Å². The van der Waals surface area contributed by atoms with E-state index < -0.39 is 0 Å². The summed E-state index contributed by atoms with van der Waals surface area (Å²) in [4.78, 5) is 12.4.